The molecule has 0 aromatic rings. The molecule has 2 atom stereocenters. The zero-order valence-corrected chi connectivity index (χ0v) is 33.8. The van der Waals surface area contributed by atoms with E-state index in [4.69, 9.17) is 14.2 Å². The molecule has 4 rings (SSSR count). The number of ketones is 1. The number of ether oxygens (including phenoxy) is 3. The van der Waals surface area contributed by atoms with Crippen LogP contribution < -0.4 is 0 Å². The van der Waals surface area contributed by atoms with E-state index in [9.17, 15) is 19.5 Å². The first-order valence-electron chi connectivity index (χ1n) is 18.2. The monoisotopic (exact) mass is 737 g/mol. The second kappa shape index (κ2) is 23.4. The number of Topliss-reactive ketones (excluding diaryl/α,β-unsaturated/α-hetero) is 1. The Balaban J connectivity index is 0. The summed E-state index contributed by atoms with van der Waals surface area (Å²) in [6.45, 7) is 14.7. The first-order chi connectivity index (χ1) is 21.4. The molecule has 1 aliphatic heterocycles. The van der Waals surface area contributed by atoms with Crippen LogP contribution in [0, 0.1) is 11.8 Å². The smallest absolute Gasteiger partial charge is 0.410 e. The van der Waals surface area contributed by atoms with E-state index in [0.29, 0.717) is 5.92 Å². The third kappa shape index (κ3) is 17.7. The summed E-state index contributed by atoms with van der Waals surface area (Å²) in [7, 11) is 3.48. The minimum atomic E-state index is -0.729. The molecule has 292 valence electrons. The molecule has 0 aromatic heterocycles. The molecular formula is C38H76N2O7S2. The minimum absolute atomic E-state index is 0. The van der Waals surface area contributed by atoms with Crippen molar-refractivity contribution in [1.82, 2.24) is 9.80 Å². The molecule has 0 spiro atoms. The Morgan fingerprint density at radius 1 is 0.673 bits per heavy atom. The van der Waals surface area contributed by atoms with Gasteiger partial charge in [0, 0.05) is 27.3 Å². The third-order valence-electron chi connectivity index (χ3n) is 9.65. The molecule has 11 heteroatoms. The van der Waals surface area contributed by atoms with Crippen LogP contribution >= 0.6 is 27.0 Å². The lowest BCUT2D eigenvalue weighted by molar-refractivity contribution is -0.124. The predicted octanol–water partition coefficient (Wildman–Crippen LogP) is 9.16. The molecule has 4 fully saturated rings. The number of hydrogen-bond acceptors (Lipinski definition) is 7. The highest BCUT2D eigenvalue weighted by Crippen LogP contribution is 2.42. The predicted molar refractivity (Wildman–Crippen MR) is 210 cm³/mol. The molecule has 2 amide bonds. The SMILES string of the molecule is C.C1CCOC1.CC(=O)[C@H](C1CCCCC1)N(C)C(=O)OC(C)(C)C.CN(C(=O)OC(C)(C)C)[C@@H](C1CCCCC1)C1(O)CCCC1.S.S. The lowest BCUT2D eigenvalue weighted by Crippen LogP contribution is -2.57. The topological polar surface area (TPSA) is 106 Å². The average molecular weight is 737 g/mol. The van der Waals surface area contributed by atoms with Gasteiger partial charge in [-0.15, -0.1) is 0 Å². The summed E-state index contributed by atoms with van der Waals surface area (Å²) >= 11 is 0. The summed E-state index contributed by atoms with van der Waals surface area (Å²) in [5.41, 5.74) is -1.76. The molecule has 3 aliphatic carbocycles. The number of likely N-dealkylation sites (N-methyl/N-ethyl adjacent to an activating group) is 2. The van der Waals surface area contributed by atoms with Crippen LogP contribution in [0.1, 0.15) is 159 Å². The number of amides is 2. The first-order valence-corrected chi connectivity index (χ1v) is 18.2. The van der Waals surface area contributed by atoms with Crippen molar-refractivity contribution in [3.8, 4) is 0 Å². The van der Waals surface area contributed by atoms with Gasteiger partial charge in [0.15, 0.2) is 5.78 Å². The zero-order valence-electron chi connectivity index (χ0n) is 31.8. The van der Waals surface area contributed by atoms with E-state index in [1.54, 1.807) is 18.9 Å². The van der Waals surface area contributed by atoms with Crippen molar-refractivity contribution in [2.75, 3.05) is 27.3 Å². The number of nitrogens with zero attached hydrogens (tertiary/aromatic N) is 2. The van der Waals surface area contributed by atoms with Crippen molar-refractivity contribution in [1.29, 1.82) is 0 Å². The molecule has 0 aromatic carbocycles. The first kappa shape index (κ1) is 49.9. The van der Waals surface area contributed by atoms with Crippen molar-refractivity contribution >= 4 is 45.0 Å². The summed E-state index contributed by atoms with van der Waals surface area (Å²) in [6.07, 6.45) is 17.1. The quantitative estimate of drug-likeness (QED) is 0.290. The maximum atomic E-state index is 12.5. The average Bonchev–Trinajstić information content (AvgIpc) is 3.69. The summed E-state index contributed by atoms with van der Waals surface area (Å²) < 4.78 is 15.9. The van der Waals surface area contributed by atoms with E-state index in [-0.39, 0.29) is 64.3 Å². The second-order valence-corrected chi connectivity index (χ2v) is 16.1. The van der Waals surface area contributed by atoms with E-state index in [2.05, 4.69) is 0 Å². The summed E-state index contributed by atoms with van der Waals surface area (Å²) in [5.74, 6) is 0.735. The van der Waals surface area contributed by atoms with Gasteiger partial charge in [-0.3, -0.25) is 4.79 Å². The van der Waals surface area contributed by atoms with Gasteiger partial charge in [-0.2, -0.15) is 27.0 Å². The van der Waals surface area contributed by atoms with Crippen molar-refractivity contribution in [3.05, 3.63) is 0 Å². The fraction of sp³-hybridized carbons (Fsp3) is 0.921. The number of aliphatic hydroxyl groups is 1. The standard InChI is InChI=1S/C18H33NO3.C15H27NO3.C4H8O.CH4.2H2S/c1-17(2,3)22-16(20)19(4)15(14-10-6-5-7-11-14)18(21)12-8-9-13-18;1-11(17)13(12-9-7-6-8-10-12)16(5)14(18)19-15(2,3)4;1-2-4-5-3-1;;;/h14-15,21H,5-13H2,1-4H3;12-13H,6-10H2,1-5H3;1-4H2;1H4;2*1H2/t15-;13-;;;;/m01..../s1. The van der Waals surface area contributed by atoms with E-state index < -0.39 is 22.9 Å². The van der Waals surface area contributed by atoms with Crippen LogP contribution in [0.15, 0.2) is 0 Å². The van der Waals surface area contributed by atoms with Crippen LogP contribution in [0.4, 0.5) is 9.59 Å². The van der Waals surface area contributed by atoms with Gasteiger partial charge in [0.25, 0.3) is 0 Å². The largest absolute Gasteiger partial charge is 0.444 e. The summed E-state index contributed by atoms with van der Waals surface area (Å²) in [5, 5.41) is 11.2. The van der Waals surface area contributed by atoms with Crippen molar-refractivity contribution in [3.63, 3.8) is 0 Å². The Hall–Kier alpha value is -1.17. The molecule has 9 nitrogen and oxygen atoms in total. The molecule has 1 heterocycles. The molecule has 4 aliphatic rings. The van der Waals surface area contributed by atoms with Gasteiger partial charge in [-0.1, -0.05) is 58.8 Å². The van der Waals surface area contributed by atoms with Crippen molar-refractivity contribution in [2.24, 2.45) is 11.8 Å². The summed E-state index contributed by atoms with van der Waals surface area (Å²) in [6, 6.07) is -0.444. The van der Waals surface area contributed by atoms with E-state index >= 15 is 0 Å². The molecule has 3 saturated carbocycles. The van der Waals surface area contributed by atoms with Gasteiger partial charge in [-0.25, -0.2) is 9.59 Å². The number of rotatable bonds is 6. The fourth-order valence-corrected chi connectivity index (χ4v) is 7.62. The molecular weight excluding hydrogens is 661 g/mol. The second-order valence-electron chi connectivity index (χ2n) is 16.1. The van der Waals surface area contributed by atoms with E-state index in [1.165, 1.54) is 43.4 Å². The molecule has 1 N–H and O–H groups in total. The molecule has 1 saturated heterocycles. The Bertz CT molecular complexity index is 924. The Labute approximate surface area is 314 Å². The number of carbonyl (C=O) groups excluding carboxylic acids is 3. The molecule has 49 heavy (non-hydrogen) atoms. The number of carbonyl (C=O) groups is 3. The van der Waals surface area contributed by atoms with Crippen LogP contribution in [-0.4, -0.2) is 89.1 Å². The van der Waals surface area contributed by atoms with Crippen LogP contribution in [0.3, 0.4) is 0 Å². The highest BCUT2D eigenvalue weighted by molar-refractivity contribution is 7.59. The van der Waals surface area contributed by atoms with Gasteiger partial charge < -0.3 is 29.1 Å². The maximum absolute atomic E-state index is 12.5. The van der Waals surface area contributed by atoms with Gasteiger partial charge >= 0.3 is 12.2 Å². The molecule has 0 radical (unpaired) electrons. The van der Waals surface area contributed by atoms with E-state index in [1.807, 2.05) is 48.6 Å². The zero-order chi connectivity index (χ0) is 34.5. The van der Waals surface area contributed by atoms with E-state index in [0.717, 1.165) is 77.4 Å². The molecule has 0 bridgehead atoms. The highest BCUT2D eigenvalue weighted by Gasteiger charge is 2.47. The highest BCUT2D eigenvalue weighted by atomic mass is 32.1. The van der Waals surface area contributed by atoms with Gasteiger partial charge in [0.1, 0.15) is 11.2 Å². The fourth-order valence-electron chi connectivity index (χ4n) is 7.62. The van der Waals surface area contributed by atoms with Gasteiger partial charge in [0.2, 0.25) is 0 Å². The normalized spacial score (nSPS) is 20.5. The van der Waals surface area contributed by atoms with Gasteiger partial charge in [0.05, 0.1) is 17.7 Å². The van der Waals surface area contributed by atoms with Crippen LogP contribution in [0.25, 0.3) is 0 Å². The van der Waals surface area contributed by atoms with Crippen LogP contribution in [0.2, 0.25) is 0 Å². The van der Waals surface area contributed by atoms with Gasteiger partial charge in [-0.05, 0) is 112 Å². The summed E-state index contributed by atoms with van der Waals surface area (Å²) in [4.78, 5) is 39.7. The minimum Gasteiger partial charge on any atom is -0.444 e. The maximum Gasteiger partial charge on any atom is 0.410 e. The van der Waals surface area contributed by atoms with Crippen molar-refractivity contribution in [2.45, 2.75) is 188 Å². The molecule has 0 unspecified atom stereocenters. The Morgan fingerprint density at radius 3 is 1.41 bits per heavy atom. The van der Waals surface area contributed by atoms with Crippen LogP contribution in [0.5, 0.6) is 0 Å². The lowest BCUT2D eigenvalue weighted by atomic mass is 9.75. The van der Waals surface area contributed by atoms with Crippen LogP contribution in [-0.2, 0) is 19.0 Å². The Kier molecular flexibility index (Phi) is 23.9. The lowest BCUT2D eigenvalue weighted by Gasteiger charge is -2.45. The van der Waals surface area contributed by atoms with Crippen molar-refractivity contribution < 1.29 is 33.7 Å². The third-order valence-corrected chi connectivity index (χ3v) is 9.65. The Morgan fingerprint density at radius 2 is 1.06 bits per heavy atom. The number of hydrogen-bond donors (Lipinski definition) is 1.